The van der Waals surface area contributed by atoms with Gasteiger partial charge in [-0.2, -0.15) is 13.2 Å². The normalized spacial score (nSPS) is 16.3. The van der Waals surface area contributed by atoms with Crippen molar-refractivity contribution >= 4 is 23.3 Å². The van der Waals surface area contributed by atoms with Crippen LogP contribution in [0.4, 0.5) is 24.5 Å². The van der Waals surface area contributed by atoms with E-state index in [0.29, 0.717) is 16.7 Å². The summed E-state index contributed by atoms with van der Waals surface area (Å²) in [7, 11) is 0. The van der Waals surface area contributed by atoms with Gasteiger partial charge in [-0.3, -0.25) is 20.2 Å². The van der Waals surface area contributed by atoms with E-state index in [4.69, 9.17) is 9.47 Å². The first-order valence-corrected chi connectivity index (χ1v) is 16.8. The zero-order chi connectivity index (χ0) is 38.6. The summed E-state index contributed by atoms with van der Waals surface area (Å²) in [6, 6.07) is 32.7. The Morgan fingerprint density at radius 1 is 0.618 bits per heavy atom. The first-order valence-electron chi connectivity index (χ1n) is 16.8. The van der Waals surface area contributed by atoms with Gasteiger partial charge in [-0.1, -0.05) is 60.7 Å². The maximum atomic E-state index is 13.8. The molecule has 3 aliphatic rings. The van der Waals surface area contributed by atoms with Gasteiger partial charge in [0.1, 0.15) is 11.5 Å². The summed E-state index contributed by atoms with van der Waals surface area (Å²) in [6.07, 6.45) is -4.46. The predicted molar refractivity (Wildman–Crippen MR) is 191 cm³/mol. The molecule has 55 heavy (non-hydrogen) atoms. The van der Waals surface area contributed by atoms with Crippen LogP contribution in [-0.2, 0) is 18.0 Å². The van der Waals surface area contributed by atoms with E-state index in [1.165, 1.54) is 72.8 Å². The van der Waals surface area contributed by atoms with Crippen LogP contribution in [0.3, 0.4) is 0 Å². The molecular weight excluding hydrogens is 717 g/mol. The highest BCUT2D eigenvalue weighted by atomic mass is 19.4. The summed E-state index contributed by atoms with van der Waals surface area (Å²) in [4.78, 5) is 48.8. The molecule has 0 radical (unpaired) electrons. The lowest BCUT2D eigenvalue weighted by Crippen LogP contribution is -2.44. The summed E-state index contributed by atoms with van der Waals surface area (Å²) in [5, 5.41) is 22.5. The van der Waals surface area contributed by atoms with Crippen LogP contribution in [0, 0.1) is 20.2 Å². The monoisotopic (exact) mass is 742 g/mol. The lowest BCUT2D eigenvalue weighted by molar-refractivity contribution is -0.385. The molecule has 0 atom stereocenters. The summed E-state index contributed by atoms with van der Waals surface area (Å²) in [6.45, 7) is 0. The SMILES string of the molecule is O=C(Oc1ccc(OC(=O)c2ccc([N+](=O)[O-])cc2)c2c1C1c3ccccc3C2(Cc2ccc(C(F)(F)F)cc2)c2ccccc21)c1ccc([N+](=O)[O-])cc1. The number of carbonyl (C=O) groups excluding carboxylic acids is 2. The first kappa shape index (κ1) is 34.9. The second kappa shape index (κ2) is 13.1. The number of benzene rings is 6. The number of rotatable bonds is 8. The van der Waals surface area contributed by atoms with Gasteiger partial charge in [0.25, 0.3) is 11.4 Å². The Morgan fingerprint density at radius 2 is 1.07 bits per heavy atom. The van der Waals surface area contributed by atoms with Crippen LogP contribution >= 0.6 is 0 Å². The standard InChI is InChI=1S/C42H25F3N2O8/c43-42(44,45)27-15-9-24(10-16-27)23-41-32-7-3-1-5-30(32)36(31-6-2-4-8-33(31)41)37-34(54-39(48)25-11-17-28(18-12-25)46(50)51)21-22-35(38(37)41)55-40(49)26-13-19-29(20-14-26)47(52)53/h1-22,36H,23H2. The number of esters is 2. The summed E-state index contributed by atoms with van der Waals surface area (Å²) in [5.74, 6) is -2.02. The molecule has 0 saturated carbocycles. The van der Waals surface area contributed by atoms with Crippen molar-refractivity contribution in [3.63, 3.8) is 0 Å². The number of carbonyl (C=O) groups is 2. The van der Waals surface area contributed by atoms with E-state index in [2.05, 4.69) is 0 Å². The van der Waals surface area contributed by atoms with E-state index in [-0.39, 0.29) is 40.4 Å². The zero-order valence-corrected chi connectivity index (χ0v) is 28.3. The molecule has 0 aliphatic heterocycles. The average molecular weight is 743 g/mol. The van der Waals surface area contributed by atoms with Gasteiger partial charge >= 0.3 is 18.1 Å². The van der Waals surface area contributed by atoms with Gasteiger partial charge in [0, 0.05) is 41.3 Å². The fourth-order valence-electron chi connectivity index (χ4n) is 7.80. The van der Waals surface area contributed by atoms with E-state index in [0.717, 1.165) is 34.4 Å². The number of hydrogen-bond donors (Lipinski definition) is 0. The lowest BCUT2D eigenvalue weighted by atomic mass is 9.51. The van der Waals surface area contributed by atoms with Gasteiger partial charge < -0.3 is 9.47 Å². The van der Waals surface area contributed by atoms with Crippen molar-refractivity contribution in [1.82, 2.24) is 0 Å². The molecule has 0 amide bonds. The maximum absolute atomic E-state index is 13.8. The highest BCUT2D eigenvalue weighted by molar-refractivity contribution is 5.93. The topological polar surface area (TPSA) is 139 Å². The molecule has 272 valence electrons. The highest BCUT2D eigenvalue weighted by Gasteiger charge is 2.54. The van der Waals surface area contributed by atoms with Crippen molar-refractivity contribution in [1.29, 1.82) is 0 Å². The lowest BCUT2D eigenvalue weighted by Gasteiger charge is -2.51. The first-order chi connectivity index (χ1) is 26.4. The van der Waals surface area contributed by atoms with Crippen LogP contribution in [0.1, 0.15) is 71.1 Å². The number of ether oxygens (including phenoxy) is 2. The Morgan fingerprint density at radius 3 is 1.55 bits per heavy atom. The molecule has 0 spiro atoms. The van der Waals surface area contributed by atoms with Crippen molar-refractivity contribution in [2.24, 2.45) is 0 Å². The van der Waals surface area contributed by atoms with Crippen molar-refractivity contribution in [2.75, 3.05) is 0 Å². The van der Waals surface area contributed by atoms with E-state index < -0.39 is 44.9 Å². The average Bonchev–Trinajstić information content (AvgIpc) is 3.18. The second-order valence-electron chi connectivity index (χ2n) is 13.1. The molecule has 0 unspecified atom stereocenters. The number of nitro groups is 2. The molecule has 2 bridgehead atoms. The minimum atomic E-state index is -4.56. The third-order valence-corrected chi connectivity index (χ3v) is 10.1. The molecule has 6 aromatic carbocycles. The van der Waals surface area contributed by atoms with Crippen LogP contribution < -0.4 is 9.47 Å². The van der Waals surface area contributed by atoms with Gasteiger partial charge in [-0.25, -0.2) is 9.59 Å². The maximum Gasteiger partial charge on any atom is 0.416 e. The molecule has 6 aromatic rings. The predicted octanol–water partition coefficient (Wildman–Crippen LogP) is 9.34. The van der Waals surface area contributed by atoms with Gasteiger partial charge in [0.15, 0.2) is 0 Å². The van der Waals surface area contributed by atoms with Crippen LogP contribution in [0.5, 0.6) is 11.5 Å². The number of hydrogen-bond acceptors (Lipinski definition) is 8. The van der Waals surface area contributed by atoms with Gasteiger partial charge in [0.2, 0.25) is 0 Å². The van der Waals surface area contributed by atoms with Crippen LogP contribution in [0.2, 0.25) is 0 Å². The number of nitrogens with zero attached hydrogens (tertiary/aromatic N) is 2. The van der Waals surface area contributed by atoms with Gasteiger partial charge in [-0.05, 0) is 82.8 Å². The third-order valence-electron chi connectivity index (χ3n) is 10.1. The second-order valence-corrected chi connectivity index (χ2v) is 13.1. The van der Waals surface area contributed by atoms with Crippen molar-refractivity contribution in [3.05, 3.63) is 209 Å². The Balaban J connectivity index is 1.34. The minimum Gasteiger partial charge on any atom is -0.423 e. The molecule has 3 aliphatic carbocycles. The van der Waals surface area contributed by atoms with Crippen molar-refractivity contribution < 1.29 is 42.1 Å². The number of non-ortho nitro benzene ring substituents is 2. The van der Waals surface area contributed by atoms with Crippen molar-refractivity contribution in [2.45, 2.75) is 23.9 Å². The highest BCUT2D eigenvalue weighted by Crippen LogP contribution is 2.64. The Hall–Kier alpha value is -7.15. The van der Waals surface area contributed by atoms with Crippen LogP contribution in [0.15, 0.2) is 133 Å². The molecule has 0 N–H and O–H groups in total. The molecule has 0 aromatic heterocycles. The minimum absolute atomic E-state index is 0.0200. The summed E-state index contributed by atoms with van der Waals surface area (Å²) < 4.78 is 53.2. The van der Waals surface area contributed by atoms with E-state index >= 15 is 0 Å². The Labute approximate surface area is 309 Å². The van der Waals surface area contributed by atoms with Gasteiger partial charge in [0.05, 0.1) is 32.0 Å². The molecular formula is C42H25F3N2O8. The molecule has 0 heterocycles. The molecule has 13 heteroatoms. The van der Waals surface area contributed by atoms with Crippen LogP contribution in [-0.4, -0.2) is 21.8 Å². The Kier molecular flexibility index (Phi) is 8.29. The fraction of sp³-hybridized carbons (Fsp3) is 0.0952. The third kappa shape index (κ3) is 5.86. The van der Waals surface area contributed by atoms with Gasteiger partial charge in [-0.15, -0.1) is 0 Å². The molecule has 9 rings (SSSR count). The molecule has 10 nitrogen and oxygen atoms in total. The number of halogens is 3. The Bertz CT molecular complexity index is 2500. The van der Waals surface area contributed by atoms with E-state index in [1.807, 2.05) is 48.5 Å². The largest absolute Gasteiger partial charge is 0.423 e. The number of alkyl halides is 3. The van der Waals surface area contributed by atoms with E-state index in [9.17, 15) is 43.0 Å². The molecule has 0 fully saturated rings. The number of nitro benzene ring substituents is 2. The summed E-state index contributed by atoms with van der Waals surface area (Å²) >= 11 is 0. The smallest absolute Gasteiger partial charge is 0.416 e. The summed E-state index contributed by atoms with van der Waals surface area (Å²) in [5.41, 5.74) is 2.32. The molecule has 0 saturated heterocycles. The van der Waals surface area contributed by atoms with E-state index in [1.54, 1.807) is 0 Å². The quantitative estimate of drug-likeness (QED) is 0.0651. The zero-order valence-electron chi connectivity index (χ0n) is 28.3. The fourth-order valence-corrected chi connectivity index (χ4v) is 7.80. The van der Waals surface area contributed by atoms with Crippen LogP contribution in [0.25, 0.3) is 0 Å². The van der Waals surface area contributed by atoms with Crippen molar-refractivity contribution in [3.8, 4) is 11.5 Å².